The van der Waals surface area contributed by atoms with E-state index in [1.165, 1.54) is 20.3 Å². The van der Waals surface area contributed by atoms with Gasteiger partial charge < -0.3 is 14.2 Å². The molecule has 1 aliphatic rings. The van der Waals surface area contributed by atoms with Crippen molar-refractivity contribution in [2.75, 3.05) is 20.8 Å². The Bertz CT molecular complexity index is 239. The highest BCUT2D eigenvalue weighted by Crippen LogP contribution is 2.22. The molecule has 0 aliphatic carbocycles. The molecule has 13 heavy (non-hydrogen) atoms. The average Bonchev–Trinajstić information content (AvgIpc) is 2.65. The van der Waals surface area contributed by atoms with Gasteiger partial charge in [-0.25, -0.2) is 9.59 Å². The number of carbonyl (C=O) groups is 2. The maximum absolute atomic E-state index is 11.2. The van der Waals surface area contributed by atoms with Gasteiger partial charge in [0.25, 0.3) is 5.60 Å². The van der Waals surface area contributed by atoms with E-state index in [-0.39, 0.29) is 6.61 Å². The SMILES string of the molecule is COC(=O)C1(C(=O)OC)C=CCO1. The van der Waals surface area contributed by atoms with Crippen LogP contribution in [-0.4, -0.2) is 38.4 Å². The molecule has 0 saturated heterocycles. The van der Waals surface area contributed by atoms with Gasteiger partial charge in [0.05, 0.1) is 20.8 Å². The molecule has 5 nitrogen and oxygen atoms in total. The van der Waals surface area contributed by atoms with Gasteiger partial charge in [0.2, 0.25) is 0 Å². The van der Waals surface area contributed by atoms with Crippen LogP contribution < -0.4 is 0 Å². The molecule has 0 fully saturated rings. The van der Waals surface area contributed by atoms with Crippen LogP contribution in [0.2, 0.25) is 0 Å². The van der Waals surface area contributed by atoms with Crippen LogP contribution in [0.5, 0.6) is 0 Å². The first-order chi connectivity index (χ1) is 6.17. The van der Waals surface area contributed by atoms with Gasteiger partial charge in [0.1, 0.15) is 0 Å². The van der Waals surface area contributed by atoms with E-state index in [1.807, 2.05) is 0 Å². The van der Waals surface area contributed by atoms with Gasteiger partial charge in [-0.15, -0.1) is 0 Å². The maximum Gasteiger partial charge on any atom is 0.354 e. The molecule has 5 heteroatoms. The minimum atomic E-state index is -1.69. The highest BCUT2D eigenvalue weighted by Gasteiger charge is 2.49. The van der Waals surface area contributed by atoms with Crippen LogP contribution in [0.25, 0.3) is 0 Å². The first-order valence-electron chi connectivity index (χ1n) is 3.66. The fourth-order valence-electron chi connectivity index (χ4n) is 1.08. The van der Waals surface area contributed by atoms with Crippen molar-refractivity contribution in [3.05, 3.63) is 12.2 Å². The second-order valence-electron chi connectivity index (χ2n) is 2.43. The Morgan fingerprint density at radius 2 is 1.85 bits per heavy atom. The molecule has 0 N–H and O–H groups in total. The van der Waals surface area contributed by atoms with E-state index in [9.17, 15) is 9.59 Å². The van der Waals surface area contributed by atoms with Crippen molar-refractivity contribution in [2.45, 2.75) is 5.60 Å². The van der Waals surface area contributed by atoms with E-state index in [0.717, 1.165) is 0 Å². The summed E-state index contributed by atoms with van der Waals surface area (Å²) in [5, 5.41) is 0. The summed E-state index contributed by atoms with van der Waals surface area (Å²) in [7, 11) is 2.37. The normalized spacial score (nSPS) is 18.3. The van der Waals surface area contributed by atoms with E-state index in [1.54, 1.807) is 6.08 Å². The molecule has 0 aromatic heterocycles. The van der Waals surface area contributed by atoms with Crippen molar-refractivity contribution in [1.29, 1.82) is 0 Å². The van der Waals surface area contributed by atoms with Crippen LogP contribution in [0, 0.1) is 0 Å². The van der Waals surface area contributed by atoms with Crippen LogP contribution in [0.15, 0.2) is 12.2 Å². The van der Waals surface area contributed by atoms with E-state index >= 15 is 0 Å². The minimum Gasteiger partial charge on any atom is -0.466 e. The van der Waals surface area contributed by atoms with Gasteiger partial charge in [-0.3, -0.25) is 0 Å². The molecule has 0 bridgehead atoms. The summed E-state index contributed by atoms with van der Waals surface area (Å²) < 4.78 is 13.9. The molecule has 1 heterocycles. The standard InChI is InChI=1S/C8H10O5/c1-11-6(9)8(7(10)12-2)4-3-5-13-8/h3-4H,5H2,1-2H3. The van der Waals surface area contributed by atoms with Crippen molar-refractivity contribution in [2.24, 2.45) is 0 Å². The monoisotopic (exact) mass is 186 g/mol. The third-order valence-corrected chi connectivity index (χ3v) is 1.74. The van der Waals surface area contributed by atoms with Gasteiger partial charge in [-0.1, -0.05) is 6.08 Å². The lowest BCUT2D eigenvalue weighted by Gasteiger charge is -2.20. The van der Waals surface area contributed by atoms with Gasteiger partial charge >= 0.3 is 11.9 Å². The predicted molar refractivity (Wildman–Crippen MR) is 41.9 cm³/mol. The van der Waals surface area contributed by atoms with Crippen LogP contribution in [-0.2, 0) is 23.8 Å². The number of ether oxygens (including phenoxy) is 3. The molecule has 0 unspecified atom stereocenters. The zero-order valence-corrected chi connectivity index (χ0v) is 7.40. The predicted octanol–water partition coefficient (Wildman–Crippen LogP) is -0.342. The smallest absolute Gasteiger partial charge is 0.354 e. The Balaban J connectivity index is 2.94. The third-order valence-electron chi connectivity index (χ3n) is 1.74. The lowest BCUT2D eigenvalue weighted by Crippen LogP contribution is -2.47. The van der Waals surface area contributed by atoms with Gasteiger partial charge in [-0.05, 0) is 6.08 Å². The molecule has 1 aliphatic heterocycles. The van der Waals surface area contributed by atoms with Gasteiger partial charge in [0.15, 0.2) is 0 Å². The van der Waals surface area contributed by atoms with E-state index in [0.29, 0.717) is 0 Å². The van der Waals surface area contributed by atoms with Gasteiger partial charge in [0, 0.05) is 0 Å². The van der Waals surface area contributed by atoms with E-state index in [4.69, 9.17) is 4.74 Å². The van der Waals surface area contributed by atoms with E-state index in [2.05, 4.69) is 9.47 Å². The second-order valence-corrected chi connectivity index (χ2v) is 2.43. The third kappa shape index (κ3) is 1.42. The Morgan fingerprint density at radius 3 is 2.15 bits per heavy atom. The summed E-state index contributed by atoms with van der Waals surface area (Å²) in [6.07, 6.45) is 2.90. The minimum absolute atomic E-state index is 0.199. The number of hydrogen-bond donors (Lipinski definition) is 0. The summed E-state index contributed by atoms with van der Waals surface area (Å²) in [6.45, 7) is 0.199. The maximum atomic E-state index is 11.2. The Labute approximate surface area is 75.3 Å². The summed E-state index contributed by atoms with van der Waals surface area (Å²) >= 11 is 0. The lowest BCUT2D eigenvalue weighted by molar-refractivity contribution is -0.177. The number of methoxy groups -OCH3 is 2. The molecular formula is C8H10O5. The molecule has 0 radical (unpaired) electrons. The molecule has 1 rings (SSSR count). The number of hydrogen-bond acceptors (Lipinski definition) is 5. The quantitative estimate of drug-likeness (QED) is 0.335. The molecule has 0 aromatic rings. The Kier molecular flexibility index (Phi) is 2.67. The first-order valence-corrected chi connectivity index (χ1v) is 3.66. The molecule has 0 saturated carbocycles. The highest BCUT2D eigenvalue weighted by molar-refractivity contribution is 6.06. The fourth-order valence-corrected chi connectivity index (χ4v) is 1.08. The van der Waals surface area contributed by atoms with Crippen molar-refractivity contribution in [3.63, 3.8) is 0 Å². The van der Waals surface area contributed by atoms with Crippen molar-refractivity contribution >= 4 is 11.9 Å². The van der Waals surface area contributed by atoms with Crippen molar-refractivity contribution in [3.8, 4) is 0 Å². The Morgan fingerprint density at radius 1 is 1.31 bits per heavy atom. The number of esters is 2. The number of rotatable bonds is 2. The lowest BCUT2D eigenvalue weighted by atomic mass is 10.1. The second kappa shape index (κ2) is 3.57. The van der Waals surface area contributed by atoms with Crippen molar-refractivity contribution in [1.82, 2.24) is 0 Å². The molecular weight excluding hydrogens is 176 g/mol. The average molecular weight is 186 g/mol. The fraction of sp³-hybridized carbons (Fsp3) is 0.500. The number of carbonyl (C=O) groups excluding carboxylic acids is 2. The summed E-state index contributed by atoms with van der Waals surface area (Å²) in [5.41, 5.74) is -1.69. The summed E-state index contributed by atoms with van der Waals surface area (Å²) in [5.74, 6) is -1.54. The Hall–Kier alpha value is -1.36. The van der Waals surface area contributed by atoms with Crippen LogP contribution in [0.4, 0.5) is 0 Å². The first kappa shape index (κ1) is 9.73. The topological polar surface area (TPSA) is 61.8 Å². The zero-order chi connectivity index (χ0) is 9.90. The molecule has 0 aromatic carbocycles. The summed E-state index contributed by atoms with van der Waals surface area (Å²) in [6, 6.07) is 0. The summed E-state index contributed by atoms with van der Waals surface area (Å²) in [4.78, 5) is 22.5. The molecule has 0 spiro atoms. The van der Waals surface area contributed by atoms with Crippen LogP contribution >= 0.6 is 0 Å². The van der Waals surface area contributed by atoms with Crippen LogP contribution in [0.3, 0.4) is 0 Å². The van der Waals surface area contributed by atoms with Crippen LogP contribution in [0.1, 0.15) is 0 Å². The highest BCUT2D eigenvalue weighted by atomic mass is 16.6. The van der Waals surface area contributed by atoms with E-state index < -0.39 is 17.5 Å². The molecule has 0 amide bonds. The molecule has 0 atom stereocenters. The molecule has 72 valence electrons. The zero-order valence-electron chi connectivity index (χ0n) is 7.40. The largest absolute Gasteiger partial charge is 0.466 e. The van der Waals surface area contributed by atoms with Crippen molar-refractivity contribution < 1.29 is 23.8 Å². The van der Waals surface area contributed by atoms with Gasteiger partial charge in [-0.2, -0.15) is 0 Å².